The summed E-state index contributed by atoms with van der Waals surface area (Å²) in [4.78, 5) is 10.9. The van der Waals surface area contributed by atoms with Crippen LogP contribution in [-0.4, -0.2) is 31.3 Å². The molecular formula is C11H13BrN4O3. The van der Waals surface area contributed by atoms with Gasteiger partial charge in [0.1, 0.15) is 0 Å². The maximum absolute atomic E-state index is 10.9. The van der Waals surface area contributed by atoms with Gasteiger partial charge in [-0.15, -0.1) is 5.10 Å². The van der Waals surface area contributed by atoms with E-state index in [1.165, 1.54) is 6.26 Å². The molecule has 0 fully saturated rings. The Morgan fingerprint density at radius 1 is 1.63 bits per heavy atom. The largest absolute Gasteiger partial charge is 0.481 e. The summed E-state index contributed by atoms with van der Waals surface area (Å²) in [5.41, 5.74) is 0.705. The van der Waals surface area contributed by atoms with Crippen LogP contribution in [0.5, 0.6) is 0 Å². The minimum atomic E-state index is -0.869. The third-order valence-electron chi connectivity index (χ3n) is 2.73. The van der Waals surface area contributed by atoms with Crippen molar-refractivity contribution in [2.45, 2.75) is 32.2 Å². The molecule has 19 heavy (non-hydrogen) atoms. The summed E-state index contributed by atoms with van der Waals surface area (Å²) in [6, 6.07) is 1.46. The lowest BCUT2D eigenvalue weighted by Crippen LogP contribution is -2.16. The highest BCUT2D eigenvalue weighted by atomic mass is 79.9. The monoisotopic (exact) mass is 328 g/mol. The lowest BCUT2D eigenvalue weighted by atomic mass is 10.1. The van der Waals surface area contributed by atoms with E-state index in [2.05, 4.69) is 31.5 Å². The third kappa shape index (κ3) is 3.01. The quantitative estimate of drug-likeness (QED) is 0.875. The van der Waals surface area contributed by atoms with Crippen LogP contribution >= 0.6 is 15.9 Å². The van der Waals surface area contributed by atoms with Gasteiger partial charge in [-0.05, 0) is 38.8 Å². The first-order chi connectivity index (χ1) is 9.13. The number of furan rings is 1. The number of hydrogen-bond acceptors (Lipinski definition) is 5. The van der Waals surface area contributed by atoms with Gasteiger partial charge >= 0.3 is 5.97 Å². The molecule has 102 valence electrons. The normalized spacial score (nSPS) is 12.5. The van der Waals surface area contributed by atoms with Crippen LogP contribution in [-0.2, 0) is 4.79 Å². The zero-order valence-electron chi connectivity index (χ0n) is 10.3. The highest BCUT2D eigenvalue weighted by Crippen LogP contribution is 2.30. The predicted molar refractivity (Wildman–Crippen MR) is 69.4 cm³/mol. The molecule has 0 saturated carbocycles. The van der Waals surface area contributed by atoms with Crippen molar-refractivity contribution < 1.29 is 14.3 Å². The number of carboxylic acids is 1. The van der Waals surface area contributed by atoms with Crippen molar-refractivity contribution in [1.29, 1.82) is 0 Å². The molecule has 8 heteroatoms. The van der Waals surface area contributed by atoms with Crippen LogP contribution in [0.1, 0.15) is 32.2 Å². The first-order valence-electron chi connectivity index (χ1n) is 5.86. The summed E-state index contributed by atoms with van der Waals surface area (Å²) in [5.74, 6) is -0.369. The fourth-order valence-corrected chi connectivity index (χ4v) is 2.33. The summed E-state index contributed by atoms with van der Waals surface area (Å²) < 4.78 is 7.23. The van der Waals surface area contributed by atoms with E-state index in [1.807, 2.05) is 6.92 Å². The van der Waals surface area contributed by atoms with E-state index in [9.17, 15) is 4.79 Å². The Morgan fingerprint density at radius 2 is 2.42 bits per heavy atom. The van der Waals surface area contributed by atoms with E-state index < -0.39 is 5.97 Å². The number of hydrogen-bond donors (Lipinski definition) is 1. The summed E-state index contributed by atoms with van der Waals surface area (Å²) in [6.07, 6.45) is 3.05. The molecule has 0 bridgehead atoms. The molecule has 0 aliphatic carbocycles. The van der Waals surface area contributed by atoms with Gasteiger partial charge in [0.25, 0.3) is 0 Å². The zero-order valence-corrected chi connectivity index (χ0v) is 11.9. The van der Waals surface area contributed by atoms with Crippen LogP contribution in [0.4, 0.5) is 0 Å². The van der Waals surface area contributed by atoms with Gasteiger partial charge in [-0.3, -0.25) is 4.79 Å². The van der Waals surface area contributed by atoms with Crippen molar-refractivity contribution in [3.63, 3.8) is 0 Å². The highest BCUT2D eigenvalue weighted by Gasteiger charge is 2.22. The molecule has 7 nitrogen and oxygen atoms in total. The van der Waals surface area contributed by atoms with E-state index >= 15 is 0 Å². The van der Waals surface area contributed by atoms with Crippen LogP contribution in [0.2, 0.25) is 0 Å². The van der Waals surface area contributed by atoms with E-state index in [4.69, 9.17) is 9.52 Å². The van der Waals surface area contributed by atoms with Crippen LogP contribution in [0.25, 0.3) is 11.4 Å². The molecule has 2 heterocycles. The standard InChI is InChI=1S/C11H13BrN4O3/c1-2-3-7(6-9(17)18)16-11(13-14-15-16)8-4-5-19-10(8)12/h4-5,7H,2-3,6H2,1H3,(H,17,18). The number of aromatic nitrogens is 4. The number of carbonyl (C=O) groups is 1. The number of tetrazole rings is 1. The molecule has 1 atom stereocenters. The van der Waals surface area contributed by atoms with Gasteiger partial charge < -0.3 is 9.52 Å². The minimum Gasteiger partial charge on any atom is -0.481 e. The minimum absolute atomic E-state index is 0.0125. The second-order valence-electron chi connectivity index (χ2n) is 4.10. The number of nitrogens with zero attached hydrogens (tertiary/aromatic N) is 4. The Hall–Kier alpha value is -1.70. The smallest absolute Gasteiger partial charge is 0.305 e. The van der Waals surface area contributed by atoms with Gasteiger partial charge in [0.2, 0.25) is 0 Å². The van der Waals surface area contributed by atoms with Crippen molar-refractivity contribution in [2.75, 3.05) is 0 Å². The molecule has 0 saturated heterocycles. The topological polar surface area (TPSA) is 94.0 Å². The molecule has 2 aromatic heterocycles. The number of aliphatic carboxylic acids is 1. The van der Waals surface area contributed by atoms with Gasteiger partial charge in [-0.2, -0.15) is 0 Å². The first-order valence-corrected chi connectivity index (χ1v) is 6.65. The Balaban J connectivity index is 2.36. The molecule has 0 spiro atoms. The molecule has 1 N–H and O–H groups in total. The van der Waals surface area contributed by atoms with E-state index in [-0.39, 0.29) is 12.5 Å². The number of rotatable bonds is 6. The van der Waals surface area contributed by atoms with Crippen LogP contribution in [0.15, 0.2) is 21.4 Å². The molecule has 2 rings (SSSR count). The van der Waals surface area contributed by atoms with Gasteiger partial charge in [-0.1, -0.05) is 13.3 Å². The molecule has 0 aliphatic rings. The van der Waals surface area contributed by atoms with E-state index in [0.29, 0.717) is 22.5 Å². The second kappa shape index (κ2) is 5.96. The van der Waals surface area contributed by atoms with Crippen molar-refractivity contribution in [1.82, 2.24) is 20.2 Å². The van der Waals surface area contributed by atoms with Crippen molar-refractivity contribution >= 4 is 21.9 Å². The zero-order chi connectivity index (χ0) is 13.8. The van der Waals surface area contributed by atoms with Crippen LogP contribution < -0.4 is 0 Å². The molecular weight excluding hydrogens is 316 g/mol. The first kappa shape index (κ1) is 13.7. The number of carboxylic acid groups (broad SMARTS) is 1. The number of halogens is 1. The summed E-state index contributed by atoms with van der Waals surface area (Å²) in [6.45, 7) is 1.99. The summed E-state index contributed by atoms with van der Waals surface area (Å²) in [5, 5.41) is 20.5. The van der Waals surface area contributed by atoms with Crippen molar-refractivity contribution in [3.05, 3.63) is 17.0 Å². The summed E-state index contributed by atoms with van der Waals surface area (Å²) in [7, 11) is 0. The SMILES string of the molecule is CCCC(CC(=O)O)n1nnnc1-c1ccoc1Br. The van der Waals surface area contributed by atoms with E-state index in [0.717, 1.165) is 6.42 Å². The average molecular weight is 329 g/mol. The van der Waals surface area contributed by atoms with Crippen molar-refractivity contribution in [2.24, 2.45) is 0 Å². The molecule has 0 amide bonds. The van der Waals surface area contributed by atoms with Gasteiger partial charge in [0, 0.05) is 0 Å². The van der Waals surface area contributed by atoms with Crippen molar-refractivity contribution in [3.8, 4) is 11.4 Å². The predicted octanol–water partition coefficient (Wildman–Crippen LogP) is 2.51. The average Bonchev–Trinajstić information content (AvgIpc) is 2.95. The van der Waals surface area contributed by atoms with E-state index in [1.54, 1.807) is 10.7 Å². The van der Waals surface area contributed by atoms with Crippen LogP contribution in [0.3, 0.4) is 0 Å². The Labute approximate surface area is 117 Å². The van der Waals surface area contributed by atoms with Gasteiger partial charge in [-0.25, -0.2) is 4.68 Å². The maximum Gasteiger partial charge on any atom is 0.305 e. The Bertz CT molecular complexity index is 566. The second-order valence-corrected chi connectivity index (χ2v) is 4.82. The molecule has 0 aliphatic heterocycles. The van der Waals surface area contributed by atoms with Gasteiger partial charge in [0.05, 0.1) is 24.3 Å². The summed E-state index contributed by atoms with van der Waals surface area (Å²) >= 11 is 3.27. The Morgan fingerprint density at radius 3 is 3.00 bits per heavy atom. The lowest BCUT2D eigenvalue weighted by molar-refractivity contribution is -0.138. The molecule has 1 unspecified atom stereocenters. The lowest BCUT2D eigenvalue weighted by Gasteiger charge is -2.15. The van der Waals surface area contributed by atoms with Crippen LogP contribution in [0, 0.1) is 0 Å². The fraction of sp³-hybridized carbons (Fsp3) is 0.455. The molecule has 0 radical (unpaired) electrons. The Kier molecular flexibility index (Phi) is 4.31. The molecule has 0 aromatic carbocycles. The maximum atomic E-state index is 10.9. The third-order valence-corrected chi connectivity index (χ3v) is 3.34. The van der Waals surface area contributed by atoms with Gasteiger partial charge in [0.15, 0.2) is 10.5 Å². The highest BCUT2D eigenvalue weighted by molar-refractivity contribution is 9.10. The molecule has 2 aromatic rings. The fourth-order valence-electron chi connectivity index (χ4n) is 1.92.